The van der Waals surface area contributed by atoms with Crippen LogP contribution >= 0.6 is 0 Å². The van der Waals surface area contributed by atoms with E-state index < -0.39 is 4.92 Å². The van der Waals surface area contributed by atoms with Crippen molar-refractivity contribution in [2.45, 2.75) is 65.4 Å². The molecule has 37 heavy (non-hydrogen) atoms. The van der Waals surface area contributed by atoms with Gasteiger partial charge in [-0.1, -0.05) is 37.3 Å². The summed E-state index contributed by atoms with van der Waals surface area (Å²) in [7, 11) is 0. The Balaban J connectivity index is 0.00000380. The SMILES string of the molecule is C.CCOc1cc(OC2CCN(C(=O)CCN3CCC(c4ccc(C)cc4)CC3)CC2)ccc1[N+](=O)[O-]. The van der Waals surface area contributed by atoms with E-state index in [1.807, 2.05) is 4.90 Å². The molecule has 0 N–H and O–H groups in total. The molecule has 0 spiro atoms. The fraction of sp³-hybridized carbons (Fsp3) is 0.552. The van der Waals surface area contributed by atoms with Crippen molar-refractivity contribution in [3.63, 3.8) is 0 Å². The predicted molar refractivity (Wildman–Crippen MR) is 145 cm³/mol. The third-order valence-electron chi connectivity index (χ3n) is 7.30. The van der Waals surface area contributed by atoms with Gasteiger partial charge in [-0.3, -0.25) is 14.9 Å². The number of hydrogen-bond acceptors (Lipinski definition) is 6. The summed E-state index contributed by atoms with van der Waals surface area (Å²) in [6, 6.07) is 13.5. The number of rotatable bonds is 9. The summed E-state index contributed by atoms with van der Waals surface area (Å²) in [6.45, 7) is 8.50. The molecule has 2 aliphatic heterocycles. The number of nitro benzene ring substituents is 1. The highest BCUT2D eigenvalue weighted by molar-refractivity contribution is 5.76. The largest absolute Gasteiger partial charge is 0.490 e. The van der Waals surface area contributed by atoms with Crippen LogP contribution in [0.5, 0.6) is 11.5 Å². The molecule has 2 saturated heterocycles. The van der Waals surface area contributed by atoms with Crippen molar-refractivity contribution in [3.05, 3.63) is 63.7 Å². The van der Waals surface area contributed by atoms with E-state index in [1.165, 1.54) is 17.2 Å². The standard InChI is InChI=1S/C28H37N3O5.CH4/c1-3-35-27-20-25(8-9-26(27)31(33)34)36-24-12-18-30(19-13-24)28(32)14-17-29-15-10-23(11-16-29)22-6-4-21(2)5-7-22;/h4-9,20,23-24H,3,10-19H2,1-2H3;1H4. The first kappa shape index (κ1) is 28.4. The van der Waals surface area contributed by atoms with Crippen LogP contribution in [0.2, 0.25) is 0 Å². The normalized spacial score (nSPS) is 17.2. The summed E-state index contributed by atoms with van der Waals surface area (Å²) >= 11 is 0. The number of ether oxygens (including phenoxy) is 2. The van der Waals surface area contributed by atoms with Gasteiger partial charge in [0, 0.05) is 51.0 Å². The molecule has 4 rings (SSSR count). The predicted octanol–water partition coefficient (Wildman–Crippen LogP) is 5.58. The van der Waals surface area contributed by atoms with Crippen molar-refractivity contribution in [2.24, 2.45) is 0 Å². The van der Waals surface area contributed by atoms with Crippen molar-refractivity contribution in [1.29, 1.82) is 0 Å². The first-order valence-corrected chi connectivity index (χ1v) is 13.1. The van der Waals surface area contributed by atoms with E-state index in [2.05, 4.69) is 36.1 Å². The minimum Gasteiger partial charge on any atom is -0.490 e. The highest BCUT2D eigenvalue weighted by Gasteiger charge is 2.26. The van der Waals surface area contributed by atoms with Crippen molar-refractivity contribution >= 4 is 11.6 Å². The van der Waals surface area contributed by atoms with Crippen LogP contribution in [0.3, 0.4) is 0 Å². The molecule has 8 heteroatoms. The summed E-state index contributed by atoms with van der Waals surface area (Å²) in [6.07, 6.45) is 4.32. The number of hydrogen-bond donors (Lipinski definition) is 0. The highest BCUT2D eigenvalue weighted by Crippen LogP contribution is 2.32. The second-order valence-corrected chi connectivity index (χ2v) is 9.79. The van der Waals surface area contributed by atoms with Gasteiger partial charge in [-0.2, -0.15) is 0 Å². The second kappa shape index (κ2) is 13.4. The van der Waals surface area contributed by atoms with Gasteiger partial charge in [0.25, 0.3) is 0 Å². The lowest BCUT2D eigenvalue weighted by atomic mass is 9.89. The van der Waals surface area contributed by atoms with Gasteiger partial charge < -0.3 is 19.3 Å². The van der Waals surface area contributed by atoms with Gasteiger partial charge in [-0.25, -0.2) is 0 Å². The average Bonchev–Trinajstić information content (AvgIpc) is 2.89. The van der Waals surface area contributed by atoms with E-state index in [0.29, 0.717) is 37.8 Å². The zero-order chi connectivity index (χ0) is 25.5. The Labute approximate surface area is 220 Å². The molecule has 0 bridgehead atoms. The fourth-order valence-electron chi connectivity index (χ4n) is 5.15. The lowest BCUT2D eigenvalue weighted by Gasteiger charge is -2.34. The first-order chi connectivity index (χ1) is 17.4. The van der Waals surface area contributed by atoms with Crippen LogP contribution in [0.1, 0.15) is 63.5 Å². The number of carbonyl (C=O) groups is 1. The van der Waals surface area contributed by atoms with Crippen molar-refractivity contribution in [2.75, 3.05) is 39.3 Å². The number of carbonyl (C=O) groups excluding carboxylic acids is 1. The van der Waals surface area contributed by atoms with Gasteiger partial charge in [0.1, 0.15) is 11.9 Å². The number of piperidine rings is 2. The van der Waals surface area contributed by atoms with Crippen LogP contribution in [0, 0.1) is 17.0 Å². The summed E-state index contributed by atoms with van der Waals surface area (Å²) in [5, 5.41) is 11.2. The van der Waals surface area contributed by atoms with Crippen LogP contribution < -0.4 is 9.47 Å². The number of amides is 1. The van der Waals surface area contributed by atoms with Crippen molar-refractivity contribution < 1.29 is 19.2 Å². The molecule has 0 radical (unpaired) electrons. The average molecular weight is 512 g/mol. The van der Waals surface area contributed by atoms with Gasteiger partial charge in [0.05, 0.1) is 11.5 Å². The minimum atomic E-state index is -0.453. The Kier molecular flexibility index (Phi) is 10.3. The molecule has 202 valence electrons. The van der Waals surface area contributed by atoms with E-state index in [-0.39, 0.29) is 30.9 Å². The second-order valence-electron chi connectivity index (χ2n) is 9.79. The zero-order valence-corrected chi connectivity index (χ0v) is 21.4. The molecule has 2 aliphatic rings. The number of likely N-dealkylation sites (tertiary alicyclic amines) is 2. The Morgan fingerprint density at radius 1 is 1.03 bits per heavy atom. The van der Waals surface area contributed by atoms with E-state index in [4.69, 9.17) is 9.47 Å². The van der Waals surface area contributed by atoms with Crippen molar-refractivity contribution in [3.8, 4) is 11.5 Å². The molecular weight excluding hydrogens is 470 g/mol. The van der Waals surface area contributed by atoms with Crippen molar-refractivity contribution in [1.82, 2.24) is 9.80 Å². The lowest BCUT2D eigenvalue weighted by molar-refractivity contribution is -0.385. The summed E-state index contributed by atoms with van der Waals surface area (Å²) < 4.78 is 11.5. The van der Waals surface area contributed by atoms with Crippen LogP contribution in [-0.4, -0.2) is 66.1 Å². The van der Waals surface area contributed by atoms with Gasteiger partial charge in [0.15, 0.2) is 0 Å². The topological polar surface area (TPSA) is 85.2 Å². The molecule has 0 aromatic heterocycles. The number of nitro groups is 1. The third kappa shape index (κ3) is 7.68. The van der Waals surface area contributed by atoms with Crippen LogP contribution in [-0.2, 0) is 4.79 Å². The smallest absolute Gasteiger partial charge is 0.311 e. The molecule has 0 unspecified atom stereocenters. The van der Waals surface area contributed by atoms with E-state index in [1.54, 1.807) is 19.1 Å². The monoisotopic (exact) mass is 511 g/mol. The first-order valence-electron chi connectivity index (χ1n) is 13.1. The summed E-state index contributed by atoms with van der Waals surface area (Å²) in [5.74, 6) is 1.61. The molecule has 0 aliphatic carbocycles. The quantitative estimate of drug-likeness (QED) is 0.323. The fourth-order valence-corrected chi connectivity index (χ4v) is 5.15. The van der Waals surface area contributed by atoms with E-state index in [0.717, 1.165) is 45.3 Å². The Morgan fingerprint density at radius 3 is 2.32 bits per heavy atom. The number of benzene rings is 2. The molecular formula is C29H41N3O5. The van der Waals surface area contributed by atoms with Gasteiger partial charge in [-0.05, 0) is 57.3 Å². The molecule has 0 atom stereocenters. The van der Waals surface area contributed by atoms with Crippen LogP contribution in [0.25, 0.3) is 0 Å². The molecule has 1 amide bonds. The highest BCUT2D eigenvalue weighted by atomic mass is 16.6. The third-order valence-corrected chi connectivity index (χ3v) is 7.30. The minimum absolute atomic E-state index is 0. The molecule has 2 aromatic rings. The maximum Gasteiger partial charge on any atom is 0.311 e. The number of aryl methyl sites for hydroxylation is 1. The summed E-state index contributed by atoms with van der Waals surface area (Å²) in [5.41, 5.74) is 2.67. The molecule has 0 saturated carbocycles. The van der Waals surface area contributed by atoms with Crippen LogP contribution in [0.4, 0.5) is 5.69 Å². The molecule has 8 nitrogen and oxygen atoms in total. The Bertz CT molecular complexity index is 1030. The van der Waals surface area contributed by atoms with Gasteiger partial charge in [0.2, 0.25) is 11.7 Å². The Morgan fingerprint density at radius 2 is 1.70 bits per heavy atom. The van der Waals surface area contributed by atoms with Gasteiger partial charge in [-0.15, -0.1) is 0 Å². The molecule has 2 fully saturated rings. The lowest BCUT2D eigenvalue weighted by Crippen LogP contribution is -2.43. The molecule has 2 aromatic carbocycles. The number of nitrogens with zero attached hydrogens (tertiary/aromatic N) is 3. The maximum absolute atomic E-state index is 12.8. The molecule has 2 heterocycles. The van der Waals surface area contributed by atoms with E-state index >= 15 is 0 Å². The summed E-state index contributed by atoms with van der Waals surface area (Å²) in [4.78, 5) is 27.9. The maximum atomic E-state index is 12.8. The Hall–Kier alpha value is -3.13. The van der Waals surface area contributed by atoms with E-state index in [9.17, 15) is 14.9 Å². The zero-order valence-electron chi connectivity index (χ0n) is 21.4. The van der Waals surface area contributed by atoms with Crippen LogP contribution in [0.15, 0.2) is 42.5 Å². The van der Waals surface area contributed by atoms with Gasteiger partial charge >= 0.3 is 5.69 Å².